The Hall–Kier alpha value is -1.49. The molecule has 0 saturated carbocycles. The van der Waals surface area contributed by atoms with Crippen LogP contribution in [0.1, 0.15) is 0 Å². The molecule has 0 aliphatic carbocycles. The van der Waals surface area contributed by atoms with E-state index in [9.17, 15) is 0 Å². The van der Waals surface area contributed by atoms with E-state index in [1.807, 2.05) is 6.07 Å². The van der Waals surface area contributed by atoms with Crippen molar-refractivity contribution in [3.05, 3.63) is 17.0 Å². The minimum absolute atomic E-state index is 0.363. The standard InChI is InChI=1S/C9H7NO3S/c14-9-10-5-3-7-8(4-6(5)13-9)12-2-1-11-7/h3-4H,1-2H2,(H,10,14). The van der Waals surface area contributed by atoms with Crippen molar-refractivity contribution in [1.82, 2.24) is 4.98 Å². The molecule has 72 valence electrons. The Morgan fingerprint density at radius 1 is 1.14 bits per heavy atom. The lowest BCUT2D eigenvalue weighted by Gasteiger charge is -2.17. The number of aromatic nitrogens is 1. The monoisotopic (exact) mass is 209 g/mol. The van der Waals surface area contributed by atoms with E-state index in [1.54, 1.807) is 6.07 Å². The fourth-order valence-corrected chi connectivity index (χ4v) is 1.69. The van der Waals surface area contributed by atoms with Crippen LogP contribution in [0.2, 0.25) is 0 Å². The number of ether oxygens (including phenoxy) is 2. The van der Waals surface area contributed by atoms with Gasteiger partial charge in [-0.2, -0.15) is 0 Å². The van der Waals surface area contributed by atoms with Crippen molar-refractivity contribution < 1.29 is 13.9 Å². The fraction of sp³-hybridized carbons (Fsp3) is 0.222. The van der Waals surface area contributed by atoms with Crippen LogP contribution in [0.25, 0.3) is 11.1 Å². The minimum Gasteiger partial charge on any atom is -0.486 e. The third-order valence-electron chi connectivity index (χ3n) is 2.08. The van der Waals surface area contributed by atoms with E-state index in [-0.39, 0.29) is 0 Å². The van der Waals surface area contributed by atoms with E-state index >= 15 is 0 Å². The number of hydrogen-bond donors (Lipinski definition) is 1. The molecule has 14 heavy (non-hydrogen) atoms. The highest BCUT2D eigenvalue weighted by Gasteiger charge is 2.14. The second-order valence-corrected chi connectivity index (χ2v) is 3.38. The zero-order valence-electron chi connectivity index (χ0n) is 7.20. The van der Waals surface area contributed by atoms with Gasteiger partial charge in [0.15, 0.2) is 17.1 Å². The molecule has 4 nitrogen and oxygen atoms in total. The maximum Gasteiger partial charge on any atom is 0.266 e. The van der Waals surface area contributed by atoms with Gasteiger partial charge >= 0.3 is 0 Å². The molecule has 1 aliphatic heterocycles. The van der Waals surface area contributed by atoms with Gasteiger partial charge in [-0.3, -0.25) is 0 Å². The highest BCUT2D eigenvalue weighted by atomic mass is 32.1. The quantitative estimate of drug-likeness (QED) is 0.676. The van der Waals surface area contributed by atoms with Crippen molar-refractivity contribution in [2.45, 2.75) is 0 Å². The largest absolute Gasteiger partial charge is 0.486 e. The zero-order chi connectivity index (χ0) is 9.54. The molecular formula is C9H7NO3S. The summed E-state index contributed by atoms with van der Waals surface area (Å²) in [4.78, 5) is 3.28. The molecule has 1 aromatic carbocycles. The molecule has 0 fully saturated rings. The molecule has 0 amide bonds. The molecule has 0 bridgehead atoms. The summed E-state index contributed by atoms with van der Waals surface area (Å²) in [7, 11) is 0. The molecule has 1 aromatic heterocycles. The molecule has 0 unspecified atom stereocenters. The van der Waals surface area contributed by atoms with Gasteiger partial charge in [0.25, 0.3) is 4.84 Å². The van der Waals surface area contributed by atoms with Gasteiger partial charge in [0.05, 0.1) is 5.52 Å². The van der Waals surface area contributed by atoms with Gasteiger partial charge in [-0.15, -0.1) is 0 Å². The first-order valence-corrected chi connectivity index (χ1v) is 4.66. The van der Waals surface area contributed by atoms with Crippen LogP contribution in [0.5, 0.6) is 11.5 Å². The fourth-order valence-electron chi connectivity index (χ4n) is 1.49. The first-order valence-electron chi connectivity index (χ1n) is 4.25. The number of H-pyrrole nitrogens is 1. The van der Waals surface area contributed by atoms with Crippen molar-refractivity contribution in [2.24, 2.45) is 0 Å². The van der Waals surface area contributed by atoms with E-state index in [4.69, 9.17) is 26.1 Å². The number of oxazole rings is 1. The minimum atomic E-state index is 0.363. The molecule has 1 N–H and O–H groups in total. The van der Waals surface area contributed by atoms with Crippen LogP contribution in [0.4, 0.5) is 0 Å². The topological polar surface area (TPSA) is 47.4 Å². The third kappa shape index (κ3) is 1.09. The van der Waals surface area contributed by atoms with Gasteiger partial charge in [-0.25, -0.2) is 0 Å². The van der Waals surface area contributed by atoms with E-state index < -0.39 is 0 Å². The van der Waals surface area contributed by atoms with E-state index in [1.165, 1.54) is 0 Å². The second kappa shape index (κ2) is 2.75. The number of hydrogen-bond acceptors (Lipinski definition) is 4. The third-order valence-corrected chi connectivity index (χ3v) is 2.27. The number of nitrogens with one attached hydrogen (secondary N) is 1. The smallest absolute Gasteiger partial charge is 0.266 e. The molecule has 3 rings (SSSR count). The molecule has 0 saturated heterocycles. The van der Waals surface area contributed by atoms with Crippen LogP contribution >= 0.6 is 12.2 Å². The summed E-state index contributed by atoms with van der Waals surface area (Å²) >= 11 is 4.88. The van der Waals surface area contributed by atoms with Crippen molar-refractivity contribution in [3.8, 4) is 11.5 Å². The zero-order valence-corrected chi connectivity index (χ0v) is 8.02. The Kier molecular flexibility index (Phi) is 1.55. The van der Waals surface area contributed by atoms with Crippen LogP contribution in [-0.4, -0.2) is 18.2 Å². The maximum atomic E-state index is 5.42. The predicted octanol–water partition coefficient (Wildman–Crippen LogP) is 2.26. The molecule has 5 heteroatoms. The van der Waals surface area contributed by atoms with Crippen molar-refractivity contribution in [1.29, 1.82) is 0 Å². The molecule has 2 aromatic rings. The van der Waals surface area contributed by atoms with Crippen LogP contribution < -0.4 is 9.47 Å². The number of rotatable bonds is 0. The van der Waals surface area contributed by atoms with Crippen molar-refractivity contribution in [3.63, 3.8) is 0 Å². The second-order valence-electron chi connectivity index (χ2n) is 3.01. The van der Waals surface area contributed by atoms with Crippen LogP contribution in [0, 0.1) is 4.84 Å². The number of fused-ring (bicyclic) bond motifs is 2. The molecule has 1 aliphatic rings. The lowest BCUT2D eigenvalue weighted by molar-refractivity contribution is 0.172. The Balaban J connectivity index is 2.31. The highest BCUT2D eigenvalue weighted by molar-refractivity contribution is 7.71. The first kappa shape index (κ1) is 7.87. The van der Waals surface area contributed by atoms with Crippen LogP contribution in [-0.2, 0) is 0 Å². The van der Waals surface area contributed by atoms with Crippen LogP contribution in [0.3, 0.4) is 0 Å². The van der Waals surface area contributed by atoms with Gasteiger partial charge in [0.2, 0.25) is 0 Å². The SMILES string of the molecule is S=c1[nH]c2cc3c(cc2o1)OCCO3. The van der Waals surface area contributed by atoms with E-state index in [0.717, 1.165) is 11.3 Å². The summed E-state index contributed by atoms with van der Waals surface area (Å²) in [5.41, 5.74) is 1.53. The van der Waals surface area contributed by atoms with Crippen molar-refractivity contribution in [2.75, 3.05) is 13.2 Å². The summed E-state index contributed by atoms with van der Waals surface area (Å²) in [5.74, 6) is 1.44. The van der Waals surface area contributed by atoms with E-state index in [0.29, 0.717) is 29.4 Å². The lowest BCUT2D eigenvalue weighted by Crippen LogP contribution is -2.15. The van der Waals surface area contributed by atoms with Gasteiger partial charge in [-0.05, 0) is 12.2 Å². The maximum absolute atomic E-state index is 5.42. The summed E-state index contributed by atoms with van der Waals surface area (Å²) in [6.45, 7) is 1.15. The van der Waals surface area contributed by atoms with Crippen LogP contribution in [0.15, 0.2) is 16.5 Å². The van der Waals surface area contributed by atoms with Gasteiger partial charge < -0.3 is 18.9 Å². The molecule has 0 radical (unpaired) electrons. The lowest BCUT2D eigenvalue weighted by atomic mass is 10.3. The predicted molar refractivity (Wildman–Crippen MR) is 52.4 cm³/mol. The summed E-state index contributed by atoms with van der Waals surface area (Å²) < 4.78 is 16.1. The first-order chi connectivity index (χ1) is 6.83. The Bertz CT molecular complexity index is 496. The molecule has 0 spiro atoms. The summed E-state index contributed by atoms with van der Waals surface area (Å²) in [6, 6.07) is 3.62. The molecule has 2 heterocycles. The Labute approximate surface area is 84.4 Å². The Morgan fingerprint density at radius 3 is 2.64 bits per heavy atom. The van der Waals surface area contributed by atoms with Gasteiger partial charge in [0, 0.05) is 12.1 Å². The van der Waals surface area contributed by atoms with Crippen molar-refractivity contribution >= 4 is 23.3 Å². The number of benzene rings is 1. The average Bonchev–Trinajstić information content (AvgIpc) is 2.53. The Morgan fingerprint density at radius 2 is 1.86 bits per heavy atom. The van der Waals surface area contributed by atoms with Gasteiger partial charge in [0.1, 0.15) is 13.2 Å². The normalized spacial score (nSPS) is 14.6. The molecular weight excluding hydrogens is 202 g/mol. The van der Waals surface area contributed by atoms with E-state index in [2.05, 4.69) is 4.98 Å². The average molecular weight is 209 g/mol. The van der Waals surface area contributed by atoms with Gasteiger partial charge in [-0.1, -0.05) is 0 Å². The molecule has 0 atom stereocenters. The number of aromatic amines is 1. The summed E-state index contributed by atoms with van der Waals surface area (Å²) in [6.07, 6.45) is 0. The highest BCUT2D eigenvalue weighted by Crippen LogP contribution is 2.34. The summed E-state index contributed by atoms with van der Waals surface area (Å²) in [5, 5.41) is 0.